The molecule has 2 heterocycles. The van der Waals surface area contributed by atoms with Crippen molar-refractivity contribution in [3.8, 4) is 0 Å². The van der Waals surface area contributed by atoms with E-state index in [1.807, 2.05) is 6.07 Å². The van der Waals surface area contributed by atoms with Crippen molar-refractivity contribution in [1.29, 1.82) is 0 Å². The summed E-state index contributed by atoms with van der Waals surface area (Å²) < 4.78 is 1.63. The van der Waals surface area contributed by atoms with E-state index in [0.29, 0.717) is 11.5 Å². The van der Waals surface area contributed by atoms with Gasteiger partial charge in [0.25, 0.3) is 0 Å². The lowest BCUT2D eigenvalue weighted by atomic mass is 10.1. The Hall–Kier alpha value is -1.91. The van der Waals surface area contributed by atoms with Crippen molar-refractivity contribution in [1.82, 2.24) is 14.6 Å². The Morgan fingerprint density at radius 3 is 2.94 bits per heavy atom. The molecule has 0 amide bonds. The van der Waals surface area contributed by atoms with Crippen LogP contribution in [0.4, 0.5) is 0 Å². The fourth-order valence-electron chi connectivity index (χ4n) is 1.48. The molecule has 0 saturated carbocycles. The SMILES string of the molecule is CC(C)c1cc2ncc(CC(=O)O)cn2n1. The third kappa shape index (κ3) is 2.03. The van der Waals surface area contributed by atoms with E-state index in [9.17, 15) is 4.79 Å². The quantitative estimate of drug-likeness (QED) is 0.849. The number of hydrogen-bond acceptors (Lipinski definition) is 3. The first-order valence-corrected chi connectivity index (χ1v) is 5.12. The van der Waals surface area contributed by atoms with Crippen molar-refractivity contribution in [2.24, 2.45) is 0 Å². The molecule has 0 radical (unpaired) electrons. The fraction of sp³-hybridized carbons (Fsp3) is 0.364. The average molecular weight is 219 g/mol. The average Bonchev–Trinajstić information content (AvgIpc) is 2.59. The highest BCUT2D eigenvalue weighted by Gasteiger charge is 2.08. The zero-order valence-corrected chi connectivity index (χ0v) is 9.21. The summed E-state index contributed by atoms with van der Waals surface area (Å²) in [4.78, 5) is 14.7. The Kier molecular flexibility index (Phi) is 2.60. The second-order valence-corrected chi connectivity index (χ2v) is 4.06. The zero-order chi connectivity index (χ0) is 11.7. The van der Waals surface area contributed by atoms with E-state index < -0.39 is 5.97 Å². The summed E-state index contributed by atoms with van der Waals surface area (Å²) in [6.45, 7) is 4.11. The lowest BCUT2D eigenvalue weighted by Gasteiger charge is -1.97. The Morgan fingerprint density at radius 2 is 2.31 bits per heavy atom. The maximum Gasteiger partial charge on any atom is 0.307 e. The number of carboxylic acids is 1. The molecule has 1 N–H and O–H groups in total. The van der Waals surface area contributed by atoms with Crippen LogP contribution in [0.2, 0.25) is 0 Å². The van der Waals surface area contributed by atoms with Crippen LogP contribution in [0, 0.1) is 0 Å². The number of carbonyl (C=O) groups is 1. The zero-order valence-electron chi connectivity index (χ0n) is 9.21. The van der Waals surface area contributed by atoms with Crippen LogP contribution in [0.3, 0.4) is 0 Å². The second-order valence-electron chi connectivity index (χ2n) is 4.06. The van der Waals surface area contributed by atoms with Gasteiger partial charge in [-0.05, 0) is 11.5 Å². The minimum atomic E-state index is -0.864. The van der Waals surface area contributed by atoms with E-state index in [1.165, 1.54) is 0 Å². The number of hydrogen-bond donors (Lipinski definition) is 1. The highest BCUT2D eigenvalue weighted by atomic mass is 16.4. The standard InChI is InChI=1S/C11H13N3O2/c1-7(2)9-4-10-12-5-8(3-11(15)16)6-14(10)13-9/h4-7H,3H2,1-2H3,(H,15,16). The van der Waals surface area contributed by atoms with Crippen molar-refractivity contribution in [3.05, 3.63) is 29.7 Å². The number of aromatic nitrogens is 3. The molecule has 0 aromatic carbocycles. The van der Waals surface area contributed by atoms with Gasteiger partial charge in [-0.25, -0.2) is 9.50 Å². The van der Waals surface area contributed by atoms with E-state index in [-0.39, 0.29) is 6.42 Å². The maximum absolute atomic E-state index is 10.6. The fourth-order valence-corrected chi connectivity index (χ4v) is 1.48. The summed E-state index contributed by atoms with van der Waals surface area (Å²) in [5, 5.41) is 13.0. The highest BCUT2D eigenvalue weighted by molar-refractivity contribution is 5.70. The largest absolute Gasteiger partial charge is 0.481 e. The number of rotatable bonds is 3. The summed E-state index contributed by atoms with van der Waals surface area (Å²) >= 11 is 0. The molecule has 0 aliphatic rings. The Balaban J connectivity index is 2.41. The Labute approximate surface area is 92.7 Å². The van der Waals surface area contributed by atoms with Gasteiger partial charge in [0.2, 0.25) is 0 Å². The predicted octanol–water partition coefficient (Wildman–Crippen LogP) is 1.48. The van der Waals surface area contributed by atoms with Gasteiger partial charge in [-0.15, -0.1) is 0 Å². The normalized spacial score (nSPS) is 11.2. The summed E-state index contributed by atoms with van der Waals surface area (Å²) in [7, 11) is 0. The molecule has 84 valence electrons. The molecule has 0 unspecified atom stereocenters. The van der Waals surface area contributed by atoms with Gasteiger partial charge in [0.05, 0.1) is 12.1 Å². The number of carboxylic acid groups (broad SMARTS) is 1. The van der Waals surface area contributed by atoms with Crippen molar-refractivity contribution < 1.29 is 9.90 Å². The van der Waals surface area contributed by atoms with Gasteiger partial charge in [-0.3, -0.25) is 4.79 Å². The van der Waals surface area contributed by atoms with E-state index in [0.717, 1.165) is 11.3 Å². The first kappa shape index (κ1) is 10.6. The molecular formula is C11H13N3O2. The smallest absolute Gasteiger partial charge is 0.307 e. The summed E-state index contributed by atoms with van der Waals surface area (Å²) in [6.07, 6.45) is 3.26. The molecule has 5 heteroatoms. The van der Waals surface area contributed by atoms with E-state index in [1.54, 1.807) is 16.9 Å². The first-order chi connectivity index (χ1) is 7.56. The third-order valence-corrected chi connectivity index (χ3v) is 2.33. The molecule has 0 aliphatic carbocycles. The van der Waals surface area contributed by atoms with Gasteiger partial charge < -0.3 is 5.11 Å². The molecule has 0 fully saturated rings. The van der Waals surface area contributed by atoms with Crippen LogP contribution in [0.15, 0.2) is 18.5 Å². The van der Waals surface area contributed by atoms with Gasteiger partial charge in [0, 0.05) is 18.5 Å². The van der Waals surface area contributed by atoms with Crippen molar-refractivity contribution >= 4 is 11.6 Å². The number of aliphatic carboxylic acids is 1. The molecule has 0 spiro atoms. The molecule has 0 atom stereocenters. The molecule has 2 rings (SSSR count). The van der Waals surface area contributed by atoms with Gasteiger partial charge in [-0.1, -0.05) is 13.8 Å². The lowest BCUT2D eigenvalue weighted by molar-refractivity contribution is -0.136. The van der Waals surface area contributed by atoms with Crippen LogP contribution in [0.25, 0.3) is 5.65 Å². The van der Waals surface area contributed by atoms with E-state index >= 15 is 0 Å². The number of nitrogens with zero attached hydrogens (tertiary/aromatic N) is 3. The molecule has 16 heavy (non-hydrogen) atoms. The molecular weight excluding hydrogens is 206 g/mol. The molecule has 0 bridgehead atoms. The molecule has 5 nitrogen and oxygen atoms in total. The van der Waals surface area contributed by atoms with E-state index in [4.69, 9.17) is 5.11 Å². The maximum atomic E-state index is 10.6. The second kappa shape index (κ2) is 3.92. The summed E-state index contributed by atoms with van der Waals surface area (Å²) in [6, 6.07) is 1.91. The monoisotopic (exact) mass is 219 g/mol. The van der Waals surface area contributed by atoms with Gasteiger partial charge in [-0.2, -0.15) is 5.10 Å². The van der Waals surface area contributed by atoms with Crippen LogP contribution in [-0.4, -0.2) is 25.7 Å². The van der Waals surface area contributed by atoms with Crippen molar-refractivity contribution in [3.63, 3.8) is 0 Å². The van der Waals surface area contributed by atoms with Gasteiger partial charge in [0.1, 0.15) is 0 Å². The predicted molar refractivity (Wildman–Crippen MR) is 58.4 cm³/mol. The molecule has 0 saturated heterocycles. The molecule has 0 aliphatic heterocycles. The summed E-state index contributed by atoms with van der Waals surface area (Å²) in [5.74, 6) is -0.526. The van der Waals surface area contributed by atoms with Crippen molar-refractivity contribution in [2.75, 3.05) is 0 Å². The lowest BCUT2D eigenvalue weighted by Crippen LogP contribution is -2.02. The number of fused-ring (bicyclic) bond motifs is 1. The first-order valence-electron chi connectivity index (χ1n) is 5.12. The minimum absolute atomic E-state index is 0.0280. The van der Waals surface area contributed by atoms with Crippen LogP contribution in [0.5, 0.6) is 0 Å². The van der Waals surface area contributed by atoms with E-state index in [2.05, 4.69) is 23.9 Å². The minimum Gasteiger partial charge on any atom is -0.481 e. The highest BCUT2D eigenvalue weighted by Crippen LogP contribution is 2.14. The van der Waals surface area contributed by atoms with Gasteiger partial charge >= 0.3 is 5.97 Å². The van der Waals surface area contributed by atoms with Gasteiger partial charge in [0.15, 0.2) is 5.65 Å². The molecule has 2 aromatic rings. The molecule has 2 aromatic heterocycles. The van der Waals surface area contributed by atoms with Crippen LogP contribution in [0.1, 0.15) is 31.0 Å². The van der Waals surface area contributed by atoms with Crippen LogP contribution in [-0.2, 0) is 11.2 Å². The topological polar surface area (TPSA) is 67.5 Å². The van der Waals surface area contributed by atoms with Crippen LogP contribution >= 0.6 is 0 Å². The third-order valence-electron chi connectivity index (χ3n) is 2.33. The summed E-state index contributed by atoms with van der Waals surface area (Å²) in [5.41, 5.74) is 2.36. The Morgan fingerprint density at radius 1 is 1.56 bits per heavy atom. The Bertz CT molecular complexity index is 531. The van der Waals surface area contributed by atoms with Crippen LogP contribution < -0.4 is 0 Å². The van der Waals surface area contributed by atoms with Crippen molar-refractivity contribution in [2.45, 2.75) is 26.2 Å².